The van der Waals surface area contributed by atoms with Crippen molar-refractivity contribution in [1.29, 1.82) is 0 Å². The third-order valence-electron chi connectivity index (χ3n) is 3.76. The molecule has 1 amide bonds. The van der Waals surface area contributed by atoms with Gasteiger partial charge in [0.15, 0.2) is 5.17 Å². The van der Waals surface area contributed by atoms with Gasteiger partial charge in [-0.05, 0) is 31.4 Å². The van der Waals surface area contributed by atoms with Crippen LogP contribution in [0.4, 0.5) is 0 Å². The molecular weight excluding hydrogens is 318 g/mol. The average Bonchev–Trinajstić information content (AvgIpc) is 2.93. The van der Waals surface area contributed by atoms with Gasteiger partial charge >= 0.3 is 0 Å². The van der Waals surface area contributed by atoms with E-state index in [4.69, 9.17) is 0 Å². The van der Waals surface area contributed by atoms with E-state index < -0.39 is 0 Å². The summed E-state index contributed by atoms with van der Waals surface area (Å²) in [6, 6.07) is 18.1. The Morgan fingerprint density at radius 3 is 2.71 bits per heavy atom. The predicted molar refractivity (Wildman–Crippen MR) is 100 cm³/mol. The number of carbonyl (C=O) groups is 1. The summed E-state index contributed by atoms with van der Waals surface area (Å²) in [7, 11) is 0. The summed E-state index contributed by atoms with van der Waals surface area (Å²) in [5.41, 5.74) is 4.20. The molecule has 4 nitrogen and oxygen atoms in total. The quantitative estimate of drug-likeness (QED) is 0.685. The van der Waals surface area contributed by atoms with E-state index in [1.807, 2.05) is 49.4 Å². The minimum Gasteiger partial charge on any atom is -0.303 e. The fourth-order valence-corrected chi connectivity index (χ4v) is 3.46. The normalized spacial score (nSPS) is 19.6. The fraction of sp³-hybridized carbons (Fsp3) is 0.211. The zero-order valence-corrected chi connectivity index (χ0v) is 14.5. The zero-order valence-electron chi connectivity index (χ0n) is 13.7. The van der Waals surface area contributed by atoms with Crippen molar-refractivity contribution in [2.24, 2.45) is 10.2 Å². The monoisotopic (exact) mass is 337 g/mol. The maximum absolute atomic E-state index is 12.1. The standard InChI is InChI=1S/C19H19N3OS/c1-13-7-6-8-15(11-13)12-17-18(23)20-19(24-17)22-21-14(2)16-9-4-3-5-10-16/h3-11,17H,12H2,1-2H3,(H,20,22,23)/b21-14-/t17-/m0/s1. The van der Waals surface area contributed by atoms with E-state index >= 15 is 0 Å². The molecule has 0 aliphatic carbocycles. The molecule has 0 radical (unpaired) electrons. The molecule has 0 saturated carbocycles. The number of rotatable bonds is 4. The van der Waals surface area contributed by atoms with Gasteiger partial charge in [-0.25, -0.2) is 0 Å². The SMILES string of the molecule is C/C(=N/N=C1\NC(=O)[C@H](Cc2cccc(C)c2)S1)c1ccccc1. The average molecular weight is 337 g/mol. The Kier molecular flexibility index (Phi) is 5.11. The highest BCUT2D eigenvalue weighted by Gasteiger charge is 2.30. The van der Waals surface area contributed by atoms with Crippen molar-refractivity contribution in [3.05, 3.63) is 71.3 Å². The highest BCUT2D eigenvalue weighted by molar-refractivity contribution is 8.15. The number of hydrogen-bond acceptors (Lipinski definition) is 4. The van der Waals surface area contributed by atoms with Crippen molar-refractivity contribution < 1.29 is 4.79 Å². The number of hydrogen-bond donors (Lipinski definition) is 1. The van der Waals surface area contributed by atoms with Gasteiger partial charge in [0.05, 0.1) is 11.0 Å². The van der Waals surface area contributed by atoms with E-state index in [9.17, 15) is 4.79 Å². The molecule has 1 fully saturated rings. The molecule has 0 spiro atoms. The van der Waals surface area contributed by atoms with Crippen LogP contribution in [0.2, 0.25) is 0 Å². The second kappa shape index (κ2) is 7.45. The number of thioether (sulfide) groups is 1. The molecule has 24 heavy (non-hydrogen) atoms. The first-order valence-corrected chi connectivity index (χ1v) is 8.70. The first kappa shape index (κ1) is 16.5. The molecule has 1 saturated heterocycles. The van der Waals surface area contributed by atoms with Crippen LogP contribution in [0, 0.1) is 6.92 Å². The molecule has 5 heteroatoms. The molecule has 1 aliphatic rings. The number of amides is 1. The smallest absolute Gasteiger partial charge is 0.239 e. The molecule has 1 heterocycles. The minimum absolute atomic E-state index is 0.00665. The highest BCUT2D eigenvalue weighted by Crippen LogP contribution is 2.23. The zero-order chi connectivity index (χ0) is 16.9. The third kappa shape index (κ3) is 4.11. The van der Waals surface area contributed by atoms with Crippen LogP contribution in [-0.4, -0.2) is 22.0 Å². The number of nitrogens with one attached hydrogen (secondary N) is 1. The van der Waals surface area contributed by atoms with Crippen molar-refractivity contribution in [1.82, 2.24) is 5.32 Å². The summed E-state index contributed by atoms with van der Waals surface area (Å²) in [4.78, 5) is 12.1. The summed E-state index contributed by atoms with van der Waals surface area (Å²) in [6.07, 6.45) is 0.693. The molecule has 3 rings (SSSR count). The Hall–Kier alpha value is -2.40. The van der Waals surface area contributed by atoms with Gasteiger partial charge in [0, 0.05) is 0 Å². The maximum Gasteiger partial charge on any atom is 0.239 e. The minimum atomic E-state index is -0.155. The first-order chi connectivity index (χ1) is 11.6. The van der Waals surface area contributed by atoms with Crippen LogP contribution >= 0.6 is 11.8 Å². The second-order valence-electron chi connectivity index (χ2n) is 5.75. The number of nitrogens with zero attached hydrogens (tertiary/aromatic N) is 2. The van der Waals surface area contributed by atoms with Crippen molar-refractivity contribution in [2.45, 2.75) is 25.5 Å². The molecule has 122 valence electrons. The van der Waals surface area contributed by atoms with Crippen LogP contribution < -0.4 is 5.32 Å². The topological polar surface area (TPSA) is 53.8 Å². The summed E-state index contributed by atoms with van der Waals surface area (Å²) in [6.45, 7) is 3.96. The van der Waals surface area contributed by atoms with Crippen LogP contribution in [-0.2, 0) is 11.2 Å². The van der Waals surface area contributed by atoms with Crippen LogP contribution in [0.5, 0.6) is 0 Å². The largest absolute Gasteiger partial charge is 0.303 e. The molecule has 0 bridgehead atoms. The van der Waals surface area contributed by atoms with E-state index in [0.29, 0.717) is 11.6 Å². The van der Waals surface area contributed by atoms with Crippen molar-refractivity contribution in [3.8, 4) is 0 Å². The third-order valence-corrected chi connectivity index (χ3v) is 4.83. The van der Waals surface area contributed by atoms with Gasteiger partial charge in [0.25, 0.3) is 0 Å². The van der Waals surface area contributed by atoms with Gasteiger partial charge in [-0.2, -0.15) is 5.10 Å². The van der Waals surface area contributed by atoms with Gasteiger partial charge in [0.2, 0.25) is 5.91 Å². The van der Waals surface area contributed by atoms with Crippen LogP contribution in [0.25, 0.3) is 0 Å². The van der Waals surface area contributed by atoms with Crippen LogP contribution in [0.15, 0.2) is 64.8 Å². The Bertz CT molecular complexity index is 799. The molecule has 1 atom stereocenters. The lowest BCUT2D eigenvalue weighted by Crippen LogP contribution is -2.26. The number of carbonyl (C=O) groups excluding carboxylic acids is 1. The van der Waals surface area contributed by atoms with Gasteiger partial charge in [-0.3, -0.25) is 4.79 Å². The lowest BCUT2D eigenvalue weighted by atomic mass is 10.1. The predicted octanol–water partition coefficient (Wildman–Crippen LogP) is 3.55. The molecule has 1 N–H and O–H groups in total. The molecule has 0 unspecified atom stereocenters. The van der Waals surface area contributed by atoms with E-state index in [-0.39, 0.29) is 11.2 Å². The van der Waals surface area contributed by atoms with Gasteiger partial charge in [-0.1, -0.05) is 71.9 Å². The van der Waals surface area contributed by atoms with Crippen LogP contribution in [0.1, 0.15) is 23.6 Å². The van der Waals surface area contributed by atoms with E-state index in [1.165, 1.54) is 17.3 Å². The molecule has 0 aromatic heterocycles. The van der Waals surface area contributed by atoms with E-state index in [2.05, 4.69) is 34.6 Å². The lowest BCUT2D eigenvalue weighted by Gasteiger charge is -2.05. The molecule has 2 aromatic rings. The number of amidine groups is 1. The molecule has 1 aliphatic heterocycles. The van der Waals surface area contributed by atoms with Crippen molar-refractivity contribution in [2.75, 3.05) is 0 Å². The van der Waals surface area contributed by atoms with Crippen molar-refractivity contribution in [3.63, 3.8) is 0 Å². The lowest BCUT2D eigenvalue weighted by molar-refractivity contribution is -0.118. The Labute approximate surface area is 146 Å². The van der Waals surface area contributed by atoms with E-state index in [1.54, 1.807) is 0 Å². The number of aryl methyl sites for hydroxylation is 1. The Morgan fingerprint density at radius 1 is 1.17 bits per heavy atom. The highest BCUT2D eigenvalue weighted by atomic mass is 32.2. The van der Waals surface area contributed by atoms with Gasteiger partial charge in [-0.15, -0.1) is 5.10 Å². The van der Waals surface area contributed by atoms with Crippen LogP contribution in [0.3, 0.4) is 0 Å². The Balaban J connectivity index is 1.68. The van der Waals surface area contributed by atoms with Crippen molar-refractivity contribution >= 4 is 28.5 Å². The van der Waals surface area contributed by atoms with Gasteiger partial charge < -0.3 is 5.32 Å². The molecule has 2 aromatic carbocycles. The molecular formula is C19H19N3OS. The summed E-state index contributed by atoms with van der Waals surface area (Å²) < 4.78 is 0. The Morgan fingerprint density at radius 2 is 1.96 bits per heavy atom. The first-order valence-electron chi connectivity index (χ1n) is 7.82. The second-order valence-corrected chi connectivity index (χ2v) is 6.94. The number of benzene rings is 2. The maximum atomic E-state index is 12.1. The summed E-state index contributed by atoms with van der Waals surface area (Å²) in [5, 5.41) is 11.7. The van der Waals surface area contributed by atoms with E-state index in [0.717, 1.165) is 16.8 Å². The summed E-state index contributed by atoms with van der Waals surface area (Å²) in [5.74, 6) is -0.00665. The van der Waals surface area contributed by atoms with Gasteiger partial charge in [0.1, 0.15) is 0 Å². The summed E-state index contributed by atoms with van der Waals surface area (Å²) >= 11 is 1.44. The fourth-order valence-electron chi connectivity index (χ4n) is 2.50.